The van der Waals surface area contributed by atoms with E-state index in [1.807, 2.05) is 0 Å². The Morgan fingerprint density at radius 2 is 0.632 bits per heavy atom. The minimum absolute atomic E-state index is 0.517. The first kappa shape index (κ1) is 33.0. The van der Waals surface area contributed by atoms with Crippen molar-refractivity contribution >= 4 is 43.6 Å². The molecule has 11 rings (SSSR count). The van der Waals surface area contributed by atoms with Crippen molar-refractivity contribution in [1.29, 1.82) is 0 Å². The normalized spacial score (nSPS) is 11.9. The minimum atomic E-state index is -0.517. The van der Waals surface area contributed by atoms with Crippen LogP contribution in [0, 0.1) is 0 Å². The Bertz CT molecular complexity index is 3100. The lowest BCUT2D eigenvalue weighted by molar-refractivity contribution is 0.746. The van der Waals surface area contributed by atoms with Gasteiger partial charge < -0.3 is 9.13 Å². The molecule has 0 aliphatic carbocycles. The molecule has 0 unspecified atom stereocenters. The molecule has 0 bridgehead atoms. The second-order valence-electron chi connectivity index (χ2n) is 14.9. The van der Waals surface area contributed by atoms with Gasteiger partial charge in [-0.05, 0) is 94.0 Å². The summed E-state index contributed by atoms with van der Waals surface area (Å²) in [6.45, 7) is 0. The fourth-order valence-electron chi connectivity index (χ4n) is 9.36. The molecule has 2 nitrogen and oxygen atoms in total. The second-order valence-corrected chi connectivity index (χ2v) is 14.9. The molecule has 0 saturated heterocycles. The van der Waals surface area contributed by atoms with Crippen LogP contribution in [0.1, 0.15) is 22.3 Å². The first-order chi connectivity index (χ1) is 28.3. The van der Waals surface area contributed by atoms with Crippen LogP contribution in [-0.4, -0.2) is 9.13 Å². The number of hydrogen-bond acceptors (Lipinski definition) is 0. The van der Waals surface area contributed by atoms with Gasteiger partial charge >= 0.3 is 0 Å². The molecule has 0 aliphatic rings. The average molecular weight is 727 g/mol. The van der Waals surface area contributed by atoms with Gasteiger partial charge in [-0.2, -0.15) is 0 Å². The highest BCUT2D eigenvalue weighted by Crippen LogP contribution is 2.47. The molecular weight excluding hydrogens is 689 g/mol. The first-order valence-electron chi connectivity index (χ1n) is 19.7. The van der Waals surface area contributed by atoms with Crippen molar-refractivity contribution < 1.29 is 0 Å². The fourth-order valence-corrected chi connectivity index (χ4v) is 9.36. The SMILES string of the molecule is c1ccc(-n2c3ccccc3c3cc(-c4ccc(-n5c6ccccc6c6cc(C(c7ccccc7)(c7ccccc7)c7ccccc7)ccc65)cc4)ccc32)cc1. The predicted molar refractivity (Wildman–Crippen MR) is 239 cm³/mol. The van der Waals surface area contributed by atoms with E-state index in [-0.39, 0.29) is 0 Å². The molecule has 2 aromatic heterocycles. The van der Waals surface area contributed by atoms with E-state index in [1.165, 1.54) is 82.7 Å². The molecule has 0 aliphatic heterocycles. The van der Waals surface area contributed by atoms with E-state index in [9.17, 15) is 0 Å². The summed E-state index contributed by atoms with van der Waals surface area (Å²) in [6.07, 6.45) is 0. The molecule has 0 atom stereocenters. The molecule has 11 aromatic rings. The van der Waals surface area contributed by atoms with Crippen LogP contribution in [0.2, 0.25) is 0 Å². The smallest absolute Gasteiger partial charge is 0.0701 e. The maximum absolute atomic E-state index is 2.44. The zero-order valence-corrected chi connectivity index (χ0v) is 31.3. The Labute approximate surface area is 332 Å². The highest BCUT2D eigenvalue weighted by atomic mass is 15.0. The predicted octanol–water partition coefficient (Wildman–Crippen LogP) is 13.9. The molecule has 268 valence electrons. The monoisotopic (exact) mass is 726 g/mol. The third-order valence-electron chi connectivity index (χ3n) is 11.9. The Hall–Kier alpha value is -7.42. The van der Waals surface area contributed by atoms with Crippen molar-refractivity contribution in [2.24, 2.45) is 0 Å². The lowest BCUT2D eigenvalue weighted by Crippen LogP contribution is -2.30. The molecule has 0 N–H and O–H groups in total. The lowest BCUT2D eigenvalue weighted by atomic mass is 9.65. The Morgan fingerprint density at radius 3 is 1.16 bits per heavy atom. The zero-order chi connectivity index (χ0) is 37.8. The highest BCUT2D eigenvalue weighted by molar-refractivity contribution is 6.11. The van der Waals surface area contributed by atoms with Gasteiger partial charge in [0.15, 0.2) is 0 Å². The van der Waals surface area contributed by atoms with Gasteiger partial charge in [0.2, 0.25) is 0 Å². The third-order valence-corrected chi connectivity index (χ3v) is 11.9. The number of hydrogen-bond donors (Lipinski definition) is 0. The van der Waals surface area contributed by atoms with Gasteiger partial charge in [0, 0.05) is 32.9 Å². The summed E-state index contributed by atoms with van der Waals surface area (Å²) >= 11 is 0. The van der Waals surface area contributed by atoms with Gasteiger partial charge in [0.05, 0.1) is 27.5 Å². The number of benzene rings is 9. The minimum Gasteiger partial charge on any atom is -0.309 e. The molecule has 2 heteroatoms. The first-order valence-corrected chi connectivity index (χ1v) is 19.7. The molecule has 57 heavy (non-hydrogen) atoms. The maximum Gasteiger partial charge on any atom is 0.0701 e. The second kappa shape index (κ2) is 13.4. The summed E-state index contributed by atoms with van der Waals surface area (Å²) < 4.78 is 4.79. The van der Waals surface area contributed by atoms with E-state index < -0.39 is 5.41 Å². The van der Waals surface area contributed by atoms with E-state index in [1.54, 1.807) is 0 Å². The van der Waals surface area contributed by atoms with Gasteiger partial charge in [-0.1, -0.05) is 170 Å². The lowest BCUT2D eigenvalue weighted by Gasteiger charge is -2.37. The van der Waals surface area contributed by atoms with Crippen molar-refractivity contribution in [3.8, 4) is 22.5 Å². The molecule has 2 heterocycles. The standard InChI is InChI=1S/C55H38N2/c1-5-17-41(18-6-1)55(42-19-7-2-8-20-42,43-21-9-3-10-22-43)44-32-36-54-50(38-44)48-26-14-16-28-52(48)57(54)46-33-29-39(30-34-46)40-31-35-53-49(37-40)47-25-13-15-27-51(47)56(53)45-23-11-4-12-24-45/h1-38H. The quantitative estimate of drug-likeness (QED) is 0.145. The number of nitrogens with zero attached hydrogens (tertiary/aromatic N) is 2. The Morgan fingerprint density at radius 1 is 0.246 bits per heavy atom. The topological polar surface area (TPSA) is 9.86 Å². The highest BCUT2D eigenvalue weighted by Gasteiger charge is 2.38. The van der Waals surface area contributed by atoms with Crippen LogP contribution in [0.25, 0.3) is 66.1 Å². The van der Waals surface area contributed by atoms with Gasteiger partial charge in [-0.15, -0.1) is 0 Å². The van der Waals surface area contributed by atoms with Crippen molar-refractivity contribution in [1.82, 2.24) is 9.13 Å². The Kier molecular flexibility index (Phi) is 7.75. The van der Waals surface area contributed by atoms with E-state index in [4.69, 9.17) is 0 Å². The van der Waals surface area contributed by atoms with Gasteiger partial charge in [0.1, 0.15) is 0 Å². The molecule has 0 fully saturated rings. The summed E-state index contributed by atoms with van der Waals surface area (Å²) in [6, 6.07) is 84.2. The van der Waals surface area contributed by atoms with E-state index in [0.717, 1.165) is 5.69 Å². The van der Waals surface area contributed by atoms with Gasteiger partial charge in [0.25, 0.3) is 0 Å². The summed E-state index contributed by atoms with van der Waals surface area (Å²) in [5.74, 6) is 0. The van der Waals surface area contributed by atoms with Crippen LogP contribution in [-0.2, 0) is 5.41 Å². The molecule has 0 saturated carbocycles. The van der Waals surface area contributed by atoms with Crippen molar-refractivity contribution in [2.45, 2.75) is 5.41 Å². The number of fused-ring (bicyclic) bond motifs is 6. The molecule has 0 radical (unpaired) electrons. The van der Waals surface area contributed by atoms with E-state index >= 15 is 0 Å². The number of para-hydroxylation sites is 3. The van der Waals surface area contributed by atoms with E-state index in [2.05, 4.69) is 240 Å². The van der Waals surface area contributed by atoms with Crippen molar-refractivity contribution in [2.75, 3.05) is 0 Å². The Balaban J connectivity index is 1.06. The van der Waals surface area contributed by atoms with Crippen molar-refractivity contribution in [3.63, 3.8) is 0 Å². The number of rotatable bonds is 7. The van der Waals surface area contributed by atoms with Crippen LogP contribution in [0.4, 0.5) is 0 Å². The zero-order valence-electron chi connectivity index (χ0n) is 31.3. The largest absolute Gasteiger partial charge is 0.309 e. The van der Waals surface area contributed by atoms with Gasteiger partial charge in [-0.25, -0.2) is 0 Å². The molecule has 0 spiro atoms. The van der Waals surface area contributed by atoms with Crippen LogP contribution in [0.15, 0.2) is 231 Å². The fraction of sp³-hybridized carbons (Fsp3) is 0.0182. The molecular formula is C55H38N2. The summed E-state index contributed by atoms with van der Waals surface area (Å²) in [5.41, 5.74) is 14.0. The van der Waals surface area contributed by atoms with Crippen LogP contribution < -0.4 is 0 Å². The van der Waals surface area contributed by atoms with Crippen LogP contribution in [0.5, 0.6) is 0 Å². The summed E-state index contributed by atoms with van der Waals surface area (Å²) in [5, 5.41) is 4.99. The van der Waals surface area contributed by atoms with E-state index in [0.29, 0.717) is 0 Å². The molecule has 0 amide bonds. The van der Waals surface area contributed by atoms with Crippen LogP contribution in [0.3, 0.4) is 0 Å². The van der Waals surface area contributed by atoms with Gasteiger partial charge in [-0.3, -0.25) is 0 Å². The maximum atomic E-state index is 2.44. The summed E-state index contributed by atoms with van der Waals surface area (Å²) in [4.78, 5) is 0. The number of aromatic nitrogens is 2. The molecule has 9 aromatic carbocycles. The average Bonchev–Trinajstić information content (AvgIpc) is 3.80. The third kappa shape index (κ3) is 5.18. The van der Waals surface area contributed by atoms with Crippen LogP contribution >= 0.6 is 0 Å². The summed E-state index contributed by atoms with van der Waals surface area (Å²) in [7, 11) is 0. The van der Waals surface area contributed by atoms with Crippen molar-refractivity contribution in [3.05, 3.63) is 253 Å².